The first-order chi connectivity index (χ1) is 14.3. The van der Waals surface area contributed by atoms with Gasteiger partial charge in [-0.05, 0) is 44.2 Å². The van der Waals surface area contributed by atoms with Crippen molar-refractivity contribution in [1.29, 1.82) is 0 Å². The van der Waals surface area contributed by atoms with Gasteiger partial charge in [0.05, 0.1) is 29.2 Å². The third kappa shape index (κ3) is 3.98. The second-order valence-corrected chi connectivity index (χ2v) is 7.60. The Kier molecular flexibility index (Phi) is 5.39. The van der Waals surface area contributed by atoms with Crippen LogP contribution in [-0.2, 0) is 6.42 Å². The van der Waals surface area contributed by atoms with Crippen LogP contribution in [0.15, 0.2) is 36.5 Å². The molecule has 5 nitrogen and oxygen atoms in total. The number of benzene rings is 2. The smallest absolute Gasteiger partial charge is 0.254 e. The van der Waals surface area contributed by atoms with E-state index in [1.807, 2.05) is 6.92 Å². The van der Waals surface area contributed by atoms with Crippen LogP contribution in [0.1, 0.15) is 27.3 Å². The van der Waals surface area contributed by atoms with Crippen LogP contribution in [0.2, 0.25) is 5.02 Å². The standard InChI is InChI=1S/C22H18ClF2N3O2/c1-11-9-26-12(2)20(28-11)18-8-15(24)5-13-6-16(30-21(13)18)10-27-22(29)17-7-14(23)3-4-19(17)25/h3-5,7-9,16H,6,10H2,1-2H3,(H,27,29). The van der Waals surface area contributed by atoms with Crippen molar-refractivity contribution in [2.75, 3.05) is 6.54 Å². The van der Waals surface area contributed by atoms with Gasteiger partial charge >= 0.3 is 0 Å². The van der Waals surface area contributed by atoms with Crippen LogP contribution in [0.3, 0.4) is 0 Å². The molecule has 1 atom stereocenters. The average Bonchev–Trinajstić information content (AvgIpc) is 3.12. The molecule has 0 radical (unpaired) electrons. The van der Waals surface area contributed by atoms with Crippen LogP contribution in [-0.4, -0.2) is 28.5 Å². The Hall–Kier alpha value is -3.06. The summed E-state index contributed by atoms with van der Waals surface area (Å²) in [5, 5.41) is 2.92. The molecule has 2 aromatic carbocycles. The minimum Gasteiger partial charge on any atom is -0.487 e. The fraction of sp³-hybridized carbons (Fsp3) is 0.227. The quantitative estimate of drug-likeness (QED) is 0.666. The van der Waals surface area contributed by atoms with Crippen molar-refractivity contribution in [1.82, 2.24) is 15.3 Å². The first kappa shape index (κ1) is 20.2. The van der Waals surface area contributed by atoms with E-state index in [9.17, 15) is 13.6 Å². The number of aryl methyl sites for hydroxylation is 2. The number of rotatable bonds is 4. The zero-order valence-corrected chi connectivity index (χ0v) is 17.1. The molecule has 1 amide bonds. The van der Waals surface area contributed by atoms with Gasteiger partial charge in [0.25, 0.3) is 5.91 Å². The molecule has 1 aliphatic heterocycles. The molecule has 0 spiro atoms. The van der Waals surface area contributed by atoms with E-state index in [1.165, 1.54) is 24.3 Å². The Morgan fingerprint density at radius 2 is 2.07 bits per heavy atom. The van der Waals surface area contributed by atoms with Crippen LogP contribution in [0, 0.1) is 25.5 Å². The van der Waals surface area contributed by atoms with Gasteiger partial charge in [0.15, 0.2) is 0 Å². The normalized spacial score (nSPS) is 14.9. The lowest BCUT2D eigenvalue weighted by Crippen LogP contribution is -2.34. The zero-order chi connectivity index (χ0) is 21.4. The predicted octanol–water partition coefficient (Wildman–Crippen LogP) is 4.43. The molecule has 0 bridgehead atoms. The molecular weight excluding hydrogens is 412 g/mol. The number of hydrogen-bond acceptors (Lipinski definition) is 4. The highest BCUT2D eigenvalue weighted by atomic mass is 35.5. The highest BCUT2D eigenvalue weighted by Gasteiger charge is 2.29. The molecule has 8 heteroatoms. The molecular formula is C22H18ClF2N3O2. The maximum Gasteiger partial charge on any atom is 0.254 e. The Labute approximate surface area is 177 Å². The van der Waals surface area contributed by atoms with Gasteiger partial charge < -0.3 is 10.1 Å². The van der Waals surface area contributed by atoms with Crippen molar-refractivity contribution in [3.05, 3.63) is 75.7 Å². The molecule has 1 aliphatic rings. The Balaban J connectivity index is 1.54. The van der Waals surface area contributed by atoms with E-state index in [1.54, 1.807) is 13.1 Å². The number of carbonyl (C=O) groups is 1. The molecule has 0 fully saturated rings. The number of nitrogens with zero attached hydrogens (tertiary/aromatic N) is 2. The molecule has 1 unspecified atom stereocenters. The molecule has 3 aromatic rings. The summed E-state index contributed by atoms with van der Waals surface area (Å²) in [5.41, 5.74) is 2.98. The third-order valence-corrected chi connectivity index (χ3v) is 5.09. The summed E-state index contributed by atoms with van der Waals surface area (Å²) in [6.07, 6.45) is 1.62. The summed E-state index contributed by atoms with van der Waals surface area (Å²) in [5.74, 6) is -1.14. The SMILES string of the molecule is Cc1cnc(C)c(-c2cc(F)cc3c2OC(CNC(=O)c2cc(Cl)ccc2F)C3)n1. The summed E-state index contributed by atoms with van der Waals surface area (Å²) in [7, 11) is 0. The Bertz CT molecular complexity index is 1150. The number of nitrogens with one attached hydrogen (secondary N) is 1. The van der Waals surface area contributed by atoms with E-state index in [2.05, 4.69) is 15.3 Å². The number of ether oxygens (including phenoxy) is 1. The van der Waals surface area contributed by atoms with Crippen molar-refractivity contribution >= 4 is 17.5 Å². The first-order valence-corrected chi connectivity index (χ1v) is 9.72. The second kappa shape index (κ2) is 7.99. The van der Waals surface area contributed by atoms with E-state index in [0.29, 0.717) is 40.4 Å². The summed E-state index contributed by atoms with van der Waals surface area (Å²) in [6.45, 7) is 3.73. The number of hydrogen-bond donors (Lipinski definition) is 1. The van der Waals surface area contributed by atoms with Crippen molar-refractivity contribution in [3.8, 4) is 17.0 Å². The highest BCUT2D eigenvalue weighted by molar-refractivity contribution is 6.31. The van der Waals surface area contributed by atoms with Crippen LogP contribution < -0.4 is 10.1 Å². The van der Waals surface area contributed by atoms with E-state index in [-0.39, 0.29) is 17.1 Å². The molecule has 1 aromatic heterocycles. The Morgan fingerprint density at radius 3 is 2.87 bits per heavy atom. The predicted molar refractivity (Wildman–Crippen MR) is 109 cm³/mol. The monoisotopic (exact) mass is 429 g/mol. The van der Waals surface area contributed by atoms with Crippen LogP contribution in [0.4, 0.5) is 8.78 Å². The molecule has 30 heavy (non-hydrogen) atoms. The number of aromatic nitrogens is 2. The molecule has 4 rings (SSSR count). The lowest BCUT2D eigenvalue weighted by molar-refractivity contribution is 0.0929. The van der Waals surface area contributed by atoms with E-state index >= 15 is 0 Å². The number of fused-ring (bicyclic) bond motifs is 1. The molecule has 2 heterocycles. The number of halogens is 3. The summed E-state index contributed by atoms with van der Waals surface area (Å²) in [4.78, 5) is 21.1. The summed E-state index contributed by atoms with van der Waals surface area (Å²) < 4.78 is 34.2. The van der Waals surface area contributed by atoms with Gasteiger partial charge in [0.1, 0.15) is 23.5 Å². The molecule has 0 saturated heterocycles. The topological polar surface area (TPSA) is 64.1 Å². The van der Waals surface area contributed by atoms with Crippen molar-refractivity contribution in [3.63, 3.8) is 0 Å². The second-order valence-electron chi connectivity index (χ2n) is 7.17. The van der Waals surface area contributed by atoms with Gasteiger partial charge in [-0.2, -0.15) is 0 Å². The fourth-order valence-corrected chi connectivity index (χ4v) is 3.62. The zero-order valence-electron chi connectivity index (χ0n) is 16.3. The van der Waals surface area contributed by atoms with Gasteiger partial charge in [-0.15, -0.1) is 0 Å². The fourth-order valence-electron chi connectivity index (χ4n) is 3.45. The maximum atomic E-state index is 14.3. The van der Waals surface area contributed by atoms with Gasteiger partial charge in [-0.1, -0.05) is 11.6 Å². The maximum absolute atomic E-state index is 14.3. The van der Waals surface area contributed by atoms with E-state index < -0.39 is 23.6 Å². The molecule has 0 aliphatic carbocycles. The lowest BCUT2D eigenvalue weighted by atomic mass is 10.0. The van der Waals surface area contributed by atoms with Gasteiger partial charge in [-0.3, -0.25) is 9.78 Å². The third-order valence-electron chi connectivity index (χ3n) is 4.86. The van der Waals surface area contributed by atoms with Crippen LogP contribution >= 0.6 is 11.6 Å². The first-order valence-electron chi connectivity index (χ1n) is 9.34. The van der Waals surface area contributed by atoms with Crippen LogP contribution in [0.5, 0.6) is 5.75 Å². The van der Waals surface area contributed by atoms with Gasteiger partial charge in [-0.25, -0.2) is 13.8 Å². The number of amides is 1. The Morgan fingerprint density at radius 1 is 1.27 bits per heavy atom. The van der Waals surface area contributed by atoms with E-state index in [4.69, 9.17) is 16.3 Å². The molecule has 1 N–H and O–H groups in total. The van der Waals surface area contributed by atoms with Crippen molar-refractivity contribution in [2.24, 2.45) is 0 Å². The largest absolute Gasteiger partial charge is 0.487 e. The minimum absolute atomic E-state index is 0.124. The molecule has 154 valence electrons. The number of carbonyl (C=O) groups excluding carboxylic acids is 1. The summed E-state index contributed by atoms with van der Waals surface area (Å²) >= 11 is 5.85. The summed E-state index contributed by atoms with van der Waals surface area (Å²) in [6, 6.07) is 6.56. The molecule has 0 saturated carbocycles. The van der Waals surface area contributed by atoms with Crippen molar-refractivity contribution in [2.45, 2.75) is 26.4 Å². The van der Waals surface area contributed by atoms with Gasteiger partial charge in [0, 0.05) is 28.8 Å². The lowest BCUT2D eigenvalue weighted by Gasteiger charge is -2.14. The van der Waals surface area contributed by atoms with E-state index in [0.717, 1.165) is 6.07 Å². The highest BCUT2D eigenvalue weighted by Crippen LogP contribution is 2.39. The van der Waals surface area contributed by atoms with Crippen molar-refractivity contribution < 1.29 is 18.3 Å². The van der Waals surface area contributed by atoms with Gasteiger partial charge in [0.2, 0.25) is 0 Å². The average molecular weight is 430 g/mol. The minimum atomic E-state index is -0.662. The van der Waals surface area contributed by atoms with Crippen LogP contribution in [0.25, 0.3) is 11.3 Å².